The normalized spacial score (nSPS) is 11.3. The number of hydrogen-bond donors (Lipinski definition) is 1. The Morgan fingerprint density at radius 1 is 1.04 bits per heavy atom. The van der Waals surface area contributed by atoms with Crippen molar-refractivity contribution in [1.29, 1.82) is 5.26 Å². The third-order valence-electron chi connectivity index (χ3n) is 3.58. The van der Waals surface area contributed by atoms with Gasteiger partial charge in [-0.25, -0.2) is 0 Å². The van der Waals surface area contributed by atoms with Gasteiger partial charge in [0.05, 0.1) is 22.3 Å². The Balaban J connectivity index is 2.13. The average molecular weight is 327 g/mol. The molecule has 0 aliphatic carbocycles. The van der Waals surface area contributed by atoms with Gasteiger partial charge in [-0.2, -0.15) is 18.4 Å². The van der Waals surface area contributed by atoms with Gasteiger partial charge < -0.3 is 5.32 Å². The molecular formula is C18H12F3N3. The molecule has 0 radical (unpaired) electrons. The zero-order chi connectivity index (χ0) is 17.3. The molecule has 0 bridgehead atoms. The summed E-state index contributed by atoms with van der Waals surface area (Å²) in [5, 5.41) is 12.8. The van der Waals surface area contributed by atoms with Gasteiger partial charge in [-0.05, 0) is 37.3 Å². The summed E-state index contributed by atoms with van der Waals surface area (Å²) in [6, 6.07) is 14.2. The standard InChI is InChI=1S/C18H12F3N3/c1-11-8-16(24-15-5-3-2-4-12(15)10-22)14-7-6-13(18(19,20)21)9-17(14)23-11/h2-9H,1H3,(H,23,24). The van der Waals surface area contributed by atoms with Crippen molar-refractivity contribution >= 4 is 22.3 Å². The fraction of sp³-hybridized carbons (Fsp3) is 0.111. The molecule has 0 atom stereocenters. The summed E-state index contributed by atoms with van der Waals surface area (Å²) in [6.07, 6.45) is -4.42. The van der Waals surface area contributed by atoms with E-state index in [0.29, 0.717) is 28.0 Å². The highest BCUT2D eigenvalue weighted by Crippen LogP contribution is 2.34. The highest BCUT2D eigenvalue weighted by atomic mass is 19.4. The summed E-state index contributed by atoms with van der Waals surface area (Å²) in [4.78, 5) is 4.19. The molecule has 3 nitrogen and oxygen atoms in total. The number of nitrogens with one attached hydrogen (secondary N) is 1. The first-order valence-corrected chi connectivity index (χ1v) is 7.13. The first-order chi connectivity index (χ1) is 11.4. The number of para-hydroxylation sites is 1. The second-order valence-corrected chi connectivity index (χ2v) is 5.32. The molecule has 0 unspecified atom stereocenters. The lowest BCUT2D eigenvalue weighted by atomic mass is 10.1. The van der Waals surface area contributed by atoms with E-state index in [1.165, 1.54) is 6.07 Å². The van der Waals surface area contributed by atoms with E-state index in [0.717, 1.165) is 12.1 Å². The summed E-state index contributed by atoms with van der Waals surface area (Å²) in [7, 11) is 0. The Labute approximate surface area is 136 Å². The van der Waals surface area contributed by atoms with E-state index in [2.05, 4.69) is 16.4 Å². The van der Waals surface area contributed by atoms with Gasteiger partial charge in [0, 0.05) is 16.8 Å². The molecule has 1 N–H and O–H groups in total. The minimum Gasteiger partial charge on any atom is -0.354 e. The van der Waals surface area contributed by atoms with Gasteiger partial charge in [0.1, 0.15) is 6.07 Å². The molecular weight excluding hydrogens is 315 g/mol. The molecule has 1 aromatic heterocycles. The molecule has 6 heteroatoms. The van der Waals surface area contributed by atoms with Crippen LogP contribution in [0.4, 0.5) is 24.5 Å². The predicted molar refractivity (Wildman–Crippen MR) is 85.9 cm³/mol. The van der Waals surface area contributed by atoms with Crippen LogP contribution in [0, 0.1) is 18.3 Å². The van der Waals surface area contributed by atoms with Crippen molar-refractivity contribution in [2.75, 3.05) is 5.32 Å². The van der Waals surface area contributed by atoms with Crippen LogP contribution < -0.4 is 5.32 Å². The first kappa shape index (κ1) is 15.8. The molecule has 0 aliphatic heterocycles. The molecule has 0 fully saturated rings. The van der Waals surface area contributed by atoms with Crippen molar-refractivity contribution in [3.63, 3.8) is 0 Å². The van der Waals surface area contributed by atoms with E-state index >= 15 is 0 Å². The van der Waals surface area contributed by atoms with Gasteiger partial charge in [-0.3, -0.25) is 4.98 Å². The number of fused-ring (bicyclic) bond motifs is 1. The second-order valence-electron chi connectivity index (χ2n) is 5.32. The van der Waals surface area contributed by atoms with E-state index in [9.17, 15) is 13.2 Å². The number of aromatic nitrogens is 1. The number of halogens is 3. The van der Waals surface area contributed by atoms with Gasteiger partial charge in [-0.1, -0.05) is 18.2 Å². The molecule has 24 heavy (non-hydrogen) atoms. The summed E-state index contributed by atoms with van der Waals surface area (Å²) in [6.45, 7) is 1.71. The lowest BCUT2D eigenvalue weighted by molar-refractivity contribution is -0.137. The van der Waals surface area contributed by atoms with Crippen LogP contribution in [0.25, 0.3) is 10.9 Å². The molecule has 120 valence electrons. The number of alkyl halides is 3. The Morgan fingerprint density at radius 3 is 2.50 bits per heavy atom. The molecule has 0 amide bonds. The minimum absolute atomic E-state index is 0.252. The minimum atomic E-state index is -4.42. The maximum Gasteiger partial charge on any atom is 0.416 e. The SMILES string of the molecule is Cc1cc(Nc2ccccc2C#N)c2ccc(C(F)(F)F)cc2n1. The van der Waals surface area contributed by atoms with Crippen molar-refractivity contribution in [2.24, 2.45) is 0 Å². The highest BCUT2D eigenvalue weighted by molar-refractivity contribution is 5.94. The number of hydrogen-bond acceptors (Lipinski definition) is 3. The van der Waals surface area contributed by atoms with Gasteiger partial charge >= 0.3 is 6.18 Å². The fourth-order valence-electron chi connectivity index (χ4n) is 2.48. The number of rotatable bonds is 2. The molecule has 0 spiro atoms. The Morgan fingerprint density at radius 2 is 1.79 bits per heavy atom. The molecule has 3 aromatic rings. The lowest BCUT2D eigenvalue weighted by Gasteiger charge is -2.13. The van der Waals surface area contributed by atoms with Crippen LogP contribution in [0.3, 0.4) is 0 Å². The van der Waals surface area contributed by atoms with Crippen LogP contribution >= 0.6 is 0 Å². The lowest BCUT2D eigenvalue weighted by Crippen LogP contribution is -2.05. The van der Waals surface area contributed by atoms with Crippen molar-refractivity contribution in [3.05, 3.63) is 65.4 Å². The number of benzene rings is 2. The van der Waals surface area contributed by atoms with Gasteiger partial charge in [0.25, 0.3) is 0 Å². The van der Waals surface area contributed by atoms with Crippen LogP contribution in [0.15, 0.2) is 48.5 Å². The van der Waals surface area contributed by atoms with E-state index in [1.807, 2.05) is 0 Å². The van der Waals surface area contributed by atoms with E-state index in [-0.39, 0.29) is 5.52 Å². The maximum atomic E-state index is 12.9. The number of nitriles is 1. The van der Waals surface area contributed by atoms with Crippen LogP contribution in [-0.2, 0) is 6.18 Å². The molecule has 0 saturated carbocycles. The number of aryl methyl sites for hydroxylation is 1. The predicted octanol–water partition coefficient (Wildman–Crippen LogP) is 5.18. The van der Waals surface area contributed by atoms with Crippen molar-refractivity contribution in [3.8, 4) is 6.07 Å². The molecule has 0 saturated heterocycles. The van der Waals surface area contributed by atoms with E-state index in [4.69, 9.17) is 5.26 Å². The van der Waals surface area contributed by atoms with Crippen LogP contribution in [-0.4, -0.2) is 4.98 Å². The van der Waals surface area contributed by atoms with E-state index < -0.39 is 11.7 Å². The number of nitrogens with zero attached hydrogens (tertiary/aromatic N) is 2. The molecule has 2 aromatic carbocycles. The van der Waals surface area contributed by atoms with Crippen LogP contribution in [0.5, 0.6) is 0 Å². The maximum absolute atomic E-state index is 12.9. The third kappa shape index (κ3) is 3.01. The second kappa shape index (κ2) is 5.85. The zero-order valence-corrected chi connectivity index (χ0v) is 12.6. The fourth-order valence-corrected chi connectivity index (χ4v) is 2.48. The summed E-state index contributed by atoms with van der Waals surface area (Å²) < 4.78 is 38.6. The summed E-state index contributed by atoms with van der Waals surface area (Å²) in [5.41, 5.74) is 1.74. The largest absolute Gasteiger partial charge is 0.416 e. The van der Waals surface area contributed by atoms with Crippen LogP contribution in [0.1, 0.15) is 16.8 Å². The number of pyridine rings is 1. The van der Waals surface area contributed by atoms with Gasteiger partial charge in [0.15, 0.2) is 0 Å². The Bertz CT molecular complexity index is 956. The average Bonchev–Trinajstić information content (AvgIpc) is 2.53. The monoisotopic (exact) mass is 327 g/mol. The quantitative estimate of drug-likeness (QED) is 0.706. The molecule has 1 heterocycles. The topological polar surface area (TPSA) is 48.7 Å². The Hall–Kier alpha value is -3.07. The molecule has 3 rings (SSSR count). The van der Waals surface area contributed by atoms with Crippen molar-refractivity contribution in [2.45, 2.75) is 13.1 Å². The Kier molecular flexibility index (Phi) is 3.86. The zero-order valence-electron chi connectivity index (χ0n) is 12.6. The van der Waals surface area contributed by atoms with Crippen molar-refractivity contribution < 1.29 is 13.2 Å². The van der Waals surface area contributed by atoms with E-state index in [1.54, 1.807) is 37.3 Å². The summed E-state index contributed by atoms with van der Waals surface area (Å²) >= 11 is 0. The van der Waals surface area contributed by atoms with Gasteiger partial charge in [0.2, 0.25) is 0 Å². The van der Waals surface area contributed by atoms with Crippen molar-refractivity contribution in [1.82, 2.24) is 4.98 Å². The first-order valence-electron chi connectivity index (χ1n) is 7.13. The smallest absolute Gasteiger partial charge is 0.354 e. The molecule has 0 aliphatic rings. The van der Waals surface area contributed by atoms with Crippen LogP contribution in [0.2, 0.25) is 0 Å². The number of anilines is 2. The summed E-state index contributed by atoms with van der Waals surface area (Å²) in [5.74, 6) is 0. The highest BCUT2D eigenvalue weighted by Gasteiger charge is 2.30. The third-order valence-corrected chi connectivity index (χ3v) is 3.58. The van der Waals surface area contributed by atoms with Gasteiger partial charge in [-0.15, -0.1) is 0 Å².